The molecule has 0 N–H and O–H groups in total. The second kappa shape index (κ2) is 7.06. The molecule has 0 atom stereocenters. The van der Waals surface area contributed by atoms with Gasteiger partial charge in [-0.05, 0) is 45.7 Å². The molecule has 1 amide bonds. The van der Waals surface area contributed by atoms with E-state index in [1.165, 1.54) is 0 Å². The molecule has 1 aliphatic rings. The summed E-state index contributed by atoms with van der Waals surface area (Å²) in [4.78, 5) is 20.4. The molecular weight excluding hydrogens is 294 g/mol. The number of carbonyl (C=O) groups is 1. The van der Waals surface area contributed by atoms with Gasteiger partial charge in [0.05, 0.1) is 12.8 Å². The van der Waals surface area contributed by atoms with Crippen molar-refractivity contribution >= 4 is 11.8 Å². The number of methoxy groups -OCH3 is 1. The van der Waals surface area contributed by atoms with Gasteiger partial charge in [-0.3, -0.25) is 0 Å². The lowest BCUT2D eigenvalue weighted by Gasteiger charge is -2.38. The maximum absolute atomic E-state index is 12.2. The van der Waals surface area contributed by atoms with Gasteiger partial charge in [0.15, 0.2) is 0 Å². The van der Waals surface area contributed by atoms with E-state index in [0.29, 0.717) is 5.88 Å². The summed E-state index contributed by atoms with van der Waals surface area (Å²) in [5.74, 6) is 0.645. The van der Waals surface area contributed by atoms with Gasteiger partial charge in [0.25, 0.3) is 0 Å². The molecule has 23 heavy (non-hydrogen) atoms. The summed E-state index contributed by atoms with van der Waals surface area (Å²) in [6, 6.07) is 4.13. The molecule has 0 radical (unpaired) electrons. The van der Waals surface area contributed by atoms with Crippen LogP contribution in [0.5, 0.6) is 5.88 Å². The predicted octanol–water partition coefficient (Wildman–Crippen LogP) is 2.93. The quantitative estimate of drug-likeness (QED) is 0.857. The van der Waals surface area contributed by atoms with Crippen molar-refractivity contribution in [2.24, 2.45) is 0 Å². The molecule has 1 fully saturated rings. The van der Waals surface area contributed by atoms with E-state index in [2.05, 4.69) is 9.88 Å². The molecule has 1 aromatic heterocycles. The average molecular weight is 321 g/mol. The van der Waals surface area contributed by atoms with Gasteiger partial charge in [-0.15, -0.1) is 0 Å². The first-order chi connectivity index (χ1) is 10.8. The van der Waals surface area contributed by atoms with E-state index in [1.807, 2.05) is 40.0 Å². The number of aromatic nitrogens is 1. The van der Waals surface area contributed by atoms with Crippen molar-refractivity contribution in [1.29, 1.82) is 0 Å². The minimum atomic E-state index is -0.463. The molecule has 6 nitrogen and oxygen atoms in total. The molecule has 0 aromatic carbocycles. The maximum atomic E-state index is 12.2. The van der Waals surface area contributed by atoms with E-state index in [1.54, 1.807) is 18.2 Å². The Morgan fingerprint density at radius 2 is 2.00 bits per heavy atom. The molecule has 128 valence electrons. The van der Waals surface area contributed by atoms with Crippen molar-refractivity contribution in [3.63, 3.8) is 0 Å². The van der Waals surface area contributed by atoms with Crippen molar-refractivity contribution < 1.29 is 14.3 Å². The maximum Gasteiger partial charge on any atom is 0.410 e. The zero-order valence-electron chi connectivity index (χ0n) is 14.7. The number of hydrogen-bond donors (Lipinski definition) is 0. The molecular formula is C17H27N3O3. The lowest BCUT2D eigenvalue weighted by atomic mass is 10.0. The summed E-state index contributed by atoms with van der Waals surface area (Å²) in [7, 11) is 3.45. The first kappa shape index (κ1) is 17.4. The van der Waals surface area contributed by atoms with Crippen molar-refractivity contribution in [3.8, 4) is 5.88 Å². The van der Waals surface area contributed by atoms with Crippen molar-refractivity contribution in [3.05, 3.63) is 18.3 Å². The van der Waals surface area contributed by atoms with Crippen LogP contribution < -0.4 is 9.64 Å². The Hall–Kier alpha value is -1.98. The molecule has 1 saturated heterocycles. The third-order valence-electron chi connectivity index (χ3n) is 3.98. The number of hydrogen-bond acceptors (Lipinski definition) is 5. The largest absolute Gasteiger partial charge is 0.480 e. The van der Waals surface area contributed by atoms with Crippen molar-refractivity contribution in [2.45, 2.75) is 45.3 Å². The van der Waals surface area contributed by atoms with Gasteiger partial charge >= 0.3 is 6.09 Å². The van der Waals surface area contributed by atoms with Crippen molar-refractivity contribution in [1.82, 2.24) is 9.88 Å². The van der Waals surface area contributed by atoms with Gasteiger partial charge in [-0.25, -0.2) is 9.78 Å². The zero-order valence-corrected chi connectivity index (χ0v) is 14.7. The average Bonchev–Trinajstić information content (AvgIpc) is 2.52. The Balaban J connectivity index is 1.94. The van der Waals surface area contributed by atoms with E-state index in [0.717, 1.165) is 31.6 Å². The molecule has 0 unspecified atom stereocenters. The van der Waals surface area contributed by atoms with Gasteiger partial charge < -0.3 is 19.3 Å². The van der Waals surface area contributed by atoms with E-state index < -0.39 is 5.60 Å². The summed E-state index contributed by atoms with van der Waals surface area (Å²) in [6.07, 6.45) is 3.27. The molecule has 0 spiro atoms. The van der Waals surface area contributed by atoms with E-state index in [4.69, 9.17) is 9.47 Å². The van der Waals surface area contributed by atoms with Gasteiger partial charge in [0.1, 0.15) is 5.60 Å². The Bertz CT molecular complexity index is 534. The van der Waals surface area contributed by atoms with Crippen LogP contribution in [0.1, 0.15) is 33.6 Å². The van der Waals surface area contributed by atoms with Crippen LogP contribution in [0.15, 0.2) is 18.3 Å². The van der Waals surface area contributed by atoms with Crippen LogP contribution >= 0.6 is 0 Å². The lowest BCUT2D eigenvalue weighted by Crippen LogP contribution is -2.47. The highest BCUT2D eigenvalue weighted by atomic mass is 16.6. The summed E-state index contributed by atoms with van der Waals surface area (Å²) in [6.45, 7) is 7.38. The number of amides is 1. The predicted molar refractivity (Wildman–Crippen MR) is 90.0 cm³/mol. The molecule has 0 aliphatic carbocycles. The number of anilines is 1. The Morgan fingerprint density at radius 1 is 1.35 bits per heavy atom. The monoisotopic (exact) mass is 321 g/mol. The normalized spacial score (nSPS) is 16.1. The summed E-state index contributed by atoms with van der Waals surface area (Å²) < 4.78 is 10.8. The number of carbonyl (C=O) groups excluding carboxylic acids is 1. The van der Waals surface area contributed by atoms with Crippen LogP contribution in [0.3, 0.4) is 0 Å². The lowest BCUT2D eigenvalue weighted by molar-refractivity contribution is 0.0201. The molecule has 0 saturated carbocycles. The second-order valence-corrected chi connectivity index (χ2v) is 6.84. The van der Waals surface area contributed by atoms with Crippen LogP contribution in [0, 0.1) is 0 Å². The Labute approximate surface area is 138 Å². The number of pyridine rings is 1. The van der Waals surface area contributed by atoms with E-state index >= 15 is 0 Å². The smallest absolute Gasteiger partial charge is 0.410 e. The van der Waals surface area contributed by atoms with Crippen LogP contribution in [0.2, 0.25) is 0 Å². The summed E-state index contributed by atoms with van der Waals surface area (Å²) in [5, 5.41) is 0. The fourth-order valence-corrected chi connectivity index (χ4v) is 2.76. The fraction of sp³-hybridized carbons (Fsp3) is 0.647. The summed E-state index contributed by atoms with van der Waals surface area (Å²) >= 11 is 0. The first-order valence-corrected chi connectivity index (χ1v) is 8.01. The fourth-order valence-electron chi connectivity index (χ4n) is 2.76. The number of ether oxygens (including phenoxy) is 2. The van der Waals surface area contributed by atoms with Crippen LogP contribution in [-0.4, -0.2) is 54.9 Å². The standard InChI is InChI=1S/C17H27N3O3/c1-17(2,3)23-16(21)19(4)13-8-11-20(12-9-13)14-7-6-10-18-15(14)22-5/h6-7,10,13H,8-9,11-12H2,1-5H3. The van der Waals surface area contributed by atoms with Gasteiger partial charge in [0.2, 0.25) is 5.88 Å². The third kappa shape index (κ3) is 4.50. The third-order valence-corrected chi connectivity index (χ3v) is 3.98. The molecule has 6 heteroatoms. The highest BCUT2D eigenvalue weighted by Crippen LogP contribution is 2.29. The molecule has 0 bridgehead atoms. The van der Waals surface area contributed by atoms with Crippen LogP contribution in [0.4, 0.5) is 10.5 Å². The van der Waals surface area contributed by atoms with Crippen molar-refractivity contribution in [2.75, 3.05) is 32.1 Å². The number of nitrogens with zero attached hydrogens (tertiary/aromatic N) is 3. The minimum absolute atomic E-state index is 0.198. The van der Waals surface area contributed by atoms with Gasteiger partial charge in [-0.2, -0.15) is 0 Å². The van der Waals surface area contributed by atoms with Crippen LogP contribution in [0.25, 0.3) is 0 Å². The van der Waals surface area contributed by atoms with Crippen LogP contribution in [-0.2, 0) is 4.74 Å². The summed E-state index contributed by atoms with van der Waals surface area (Å²) in [5.41, 5.74) is 0.545. The Morgan fingerprint density at radius 3 is 2.57 bits per heavy atom. The second-order valence-electron chi connectivity index (χ2n) is 6.84. The van der Waals surface area contributed by atoms with Gasteiger partial charge in [-0.1, -0.05) is 0 Å². The minimum Gasteiger partial charge on any atom is -0.480 e. The molecule has 2 rings (SSSR count). The van der Waals surface area contributed by atoms with E-state index in [-0.39, 0.29) is 12.1 Å². The van der Waals surface area contributed by atoms with Gasteiger partial charge in [0, 0.05) is 32.4 Å². The first-order valence-electron chi connectivity index (χ1n) is 8.01. The topological polar surface area (TPSA) is 54.9 Å². The van der Waals surface area contributed by atoms with E-state index in [9.17, 15) is 4.79 Å². The SMILES string of the molecule is COc1ncccc1N1CCC(N(C)C(=O)OC(C)(C)C)CC1. The molecule has 2 heterocycles. The molecule has 1 aromatic rings. The molecule has 1 aliphatic heterocycles. The number of piperidine rings is 1. The number of rotatable bonds is 3. The highest BCUT2D eigenvalue weighted by molar-refractivity contribution is 5.68. The zero-order chi connectivity index (χ0) is 17.0. The Kier molecular flexibility index (Phi) is 5.34. The highest BCUT2D eigenvalue weighted by Gasteiger charge is 2.29.